The normalized spacial score (nSPS) is 31.1. The Balaban J connectivity index is 1.96. The molecular formula is C14H29N3O2S. The van der Waals surface area contributed by atoms with E-state index >= 15 is 0 Å². The van der Waals surface area contributed by atoms with Crippen LogP contribution in [-0.4, -0.2) is 68.7 Å². The maximum atomic E-state index is 11.6. The van der Waals surface area contributed by atoms with Gasteiger partial charge in [-0.25, -0.2) is 8.42 Å². The van der Waals surface area contributed by atoms with E-state index in [1.165, 1.54) is 38.4 Å². The van der Waals surface area contributed by atoms with Gasteiger partial charge in [-0.15, -0.1) is 0 Å². The second kappa shape index (κ2) is 7.20. The van der Waals surface area contributed by atoms with E-state index in [0.717, 1.165) is 19.6 Å². The van der Waals surface area contributed by atoms with Crippen molar-refractivity contribution in [3.8, 4) is 0 Å². The molecule has 1 saturated carbocycles. The van der Waals surface area contributed by atoms with Gasteiger partial charge in [0, 0.05) is 38.3 Å². The van der Waals surface area contributed by atoms with Gasteiger partial charge in [0.05, 0.1) is 6.26 Å². The lowest BCUT2D eigenvalue weighted by Gasteiger charge is -2.41. The Morgan fingerprint density at radius 2 is 1.70 bits per heavy atom. The van der Waals surface area contributed by atoms with E-state index in [4.69, 9.17) is 0 Å². The number of nitrogens with one attached hydrogen (secondary N) is 1. The predicted octanol–water partition coefficient (Wildman–Crippen LogP) is 0.874. The van der Waals surface area contributed by atoms with Crippen molar-refractivity contribution in [2.75, 3.05) is 39.0 Å². The third-order valence-electron chi connectivity index (χ3n) is 4.66. The van der Waals surface area contributed by atoms with Gasteiger partial charge in [-0.1, -0.05) is 26.2 Å². The Labute approximate surface area is 123 Å². The second-order valence-electron chi connectivity index (χ2n) is 6.07. The van der Waals surface area contributed by atoms with E-state index in [0.29, 0.717) is 25.2 Å². The van der Waals surface area contributed by atoms with Gasteiger partial charge in [0.2, 0.25) is 10.0 Å². The Morgan fingerprint density at radius 1 is 1.05 bits per heavy atom. The van der Waals surface area contributed by atoms with Crippen LogP contribution in [0.1, 0.15) is 39.0 Å². The van der Waals surface area contributed by atoms with Gasteiger partial charge in [-0.3, -0.25) is 4.90 Å². The molecule has 1 aliphatic heterocycles. The number of nitrogens with zero attached hydrogens (tertiary/aromatic N) is 2. The van der Waals surface area contributed by atoms with Crippen LogP contribution >= 0.6 is 0 Å². The van der Waals surface area contributed by atoms with Crippen LogP contribution in [0.2, 0.25) is 0 Å². The number of rotatable bonds is 4. The van der Waals surface area contributed by atoms with Crippen LogP contribution in [0.15, 0.2) is 0 Å². The highest BCUT2D eigenvalue weighted by Crippen LogP contribution is 2.24. The van der Waals surface area contributed by atoms with Crippen LogP contribution in [0.5, 0.6) is 0 Å². The molecule has 0 aromatic carbocycles. The molecule has 2 fully saturated rings. The number of hydrogen-bond donors (Lipinski definition) is 1. The minimum absolute atomic E-state index is 0.576. The zero-order chi connectivity index (χ0) is 14.6. The van der Waals surface area contributed by atoms with Crippen molar-refractivity contribution in [1.29, 1.82) is 0 Å². The highest BCUT2D eigenvalue weighted by Gasteiger charge is 2.32. The number of piperazine rings is 1. The number of sulfonamides is 1. The first-order valence-electron chi connectivity index (χ1n) is 7.95. The molecule has 0 aromatic rings. The van der Waals surface area contributed by atoms with Gasteiger partial charge in [0.25, 0.3) is 0 Å². The maximum absolute atomic E-state index is 11.6. The number of likely N-dealkylation sites (N-methyl/N-ethyl adjacent to an activating group) is 1. The zero-order valence-electron chi connectivity index (χ0n) is 12.8. The van der Waals surface area contributed by atoms with Gasteiger partial charge in [0.1, 0.15) is 0 Å². The minimum atomic E-state index is -3.02. The van der Waals surface area contributed by atoms with E-state index < -0.39 is 10.0 Å². The molecule has 0 amide bonds. The Hall–Kier alpha value is -0.170. The SMILES string of the molecule is CCNC1CCCCCC1N1CCN(S(C)(=O)=O)CC1. The van der Waals surface area contributed by atoms with Gasteiger partial charge in [0.15, 0.2) is 0 Å². The monoisotopic (exact) mass is 303 g/mol. The molecular weight excluding hydrogens is 274 g/mol. The van der Waals surface area contributed by atoms with Crippen molar-refractivity contribution < 1.29 is 8.42 Å². The van der Waals surface area contributed by atoms with E-state index in [1.807, 2.05) is 0 Å². The van der Waals surface area contributed by atoms with Gasteiger partial charge >= 0.3 is 0 Å². The average Bonchev–Trinajstić information content (AvgIpc) is 2.64. The first-order valence-corrected chi connectivity index (χ1v) is 9.79. The number of hydrogen-bond acceptors (Lipinski definition) is 4. The average molecular weight is 303 g/mol. The molecule has 0 bridgehead atoms. The molecule has 0 aromatic heterocycles. The third-order valence-corrected chi connectivity index (χ3v) is 5.96. The van der Waals surface area contributed by atoms with Gasteiger partial charge < -0.3 is 5.32 Å². The third kappa shape index (κ3) is 4.16. The summed E-state index contributed by atoms with van der Waals surface area (Å²) in [6, 6.07) is 1.16. The summed E-state index contributed by atoms with van der Waals surface area (Å²) in [5, 5.41) is 3.64. The van der Waals surface area contributed by atoms with Crippen molar-refractivity contribution in [3.05, 3.63) is 0 Å². The lowest BCUT2D eigenvalue weighted by molar-refractivity contribution is 0.106. The highest BCUT2D eigenvalue weighted by atomic mass is 32.2. The highest BCUT2D eigenvalue weighted by molar-refractivity contribution is 7.88. The van der Waals surface area contributed by atoms with Crippen LogP contribution in [0.25, 0.3) is 0 Å². The molecule has 2 atom stereocenters. The van der Waals surface area contributed by atoms with E-state index in [-0.39, 0.29) is 0 Å². The predicted molar refractivity (Wildman–Crippen MR) is 82.3 cm³/mol. The van der Waals surface area contributed by atoms with E-state index in [2.05, 4.69) is 17.1 Å². The molecule has 20 heavy (non-hydrogen) atoms. The van der Waals surface area contributed by atoms with Crippen molar-refractivity contribution >= 4 is 10.0 Å². The zero-order valence-corrected chi connectivity index (χ0v) is 13.7. The molecule has 6 heteroatoms. The quantitative estimate of drug-likeness (QED) is 0.783. The minimum Gasteiger partial charge on any atom is -0.313 e. The molecule has 2 aliphatic rings. The van der Waals surface area contributed by atoms with Crippen LogP contribution in [0.3, 0.4) is 0 Å². The van der Waals surface area contributed by atoms with Crippen LogP contribution in [0.4, 0.5) is 0 Å². The fourth-order valence-electron chi connectivity index (χ4n) is 3.59. The van der Waals surface area contributed by atoms with Crippen molar-refractivity contribution in [3.63, 3.8) is 0 Å². The summed E-state index contributed by atoms with van der Waals surface area (Å²) in [7, 11) is -3.02. The fraction of sp³-hybridized carbons (Fsp3) is 1.00. The lowest BCUT2D eigenvalue weighted by atomic mass is 10.0. The van der Waals surface area contributed by atoms with Crippen molar-refractivity contribution in [2.45, 2.75) is 51.1 Å². The van der Waals surface area contributed by atoms with E-state index in [1.54, 1.807) is 4.31 Å². The van der Waals surface area contributed by atoms with Crippen LogP contribution in [0, 0.1) is 0 Å². The van der Waals surface area contributed by atoms with Crippen LogP contribution in [-0.2, 0) is 10.0 Å². The van der Waals surface area contributed by atoms with Gasteiger partial charge in [-0.2, -0.15) is 4.31 Å². The van der Waals surface area contributed by atoms with Gasteiger partial charge in [-0.05, 0) is 19.4 Å². The molecule has 2 unspecified atom stereocenters. The lowest BCUT2D eigenvalue weighted by Crippen LogP contribution is -2.56. The molecule has 0 radical (unpaired) electrons. The van der Waals surface area contributed by atoms with Crippen molar-refractivity contribution in [1.82, 2.24) is 14.5 Å². The second-order valence-corrected chi connectivity index (χ2v) is 8.05. The summed E-state index contributed by atoms with van der Waals surface area (Å²) in [6.45, 7) is 6.23. The van der Waals surface area contributed by atoms with Crippen LogP contribution < -0.4 is 5.32 Å². The Kier molecular flexibility index (Phi) is 5.84. The molecule has 118 valence electrons. The summed E-state index contributed by atoms with van der Waals surface area (Å²) >= 11 is 0. The summed E-state index contributed by atoms with van der Waals surface area (Å²) in [6.07, 6.45) is 7.77. The fourth-order valence-corrected chi connectivity index (χ4v) is 4.42. The standard InChI is InChI=1S/C14H29N3O2S/c1-3-15-13-7-5-4-6-8-14(13)16-9-11-17(12-10-16)20(2,18)19/h13-15H,3-12H2,1-2H3. The summed E-state index contributed by atoms with van der Waals surface area (Å²) in [5.74, 6) is 0. The first kappa shape index (κ1) is 16.2. The maximum Gasteiger partial charge on any atom is 0.211 e. The Morgan fingerprint density at radius 3 is 2.30 bits per heavy atom. The molecule has 1 aliphatic carbocycles. The molecule has 0 spiro atoms. The largest absolute Gasteiger partial charge is 0.313 e. The molecule has 2 rings (SSSR count). The Bertz CT molecular complexity index is 391. The van der Waals surface area contributed by atoms with E-state index in [9.17, 15) is 8.42 Å². The molecule has 1 saturated heterocycles. The topological polar surface area (TPSA) is 52.6 Å². The smallest absolute Gasteiger partial charge is 0.211 e. The van der Waals surface area contributed by atoms with Crippen molar-refractivity contribution in [2.24, 2.45) is 0 Å². The summed E-state index contributed by atoms with van der Waals surface area (Å²) < 4.78 is 24.8. The first-order chi connectivity index (χ1) is 9.52. The molecule has 1 heterocycles. The molecule has 1 N–H and O–H groups in total. The summed E-state index contributed by atoms with van der Waals surface area (Å²) in [5.41, 5.74) is 0. The summed E-state index contributed by atoms with van der Waals surface area (Å²) in [4.78, 5) is 2.51. The molecule has 5 nitrogen and oxygen atoms in total.